The minimum Gasteiger partial charge on any atom is -0.458 e. The maximum atomic E-state index is 12.3. The van der Waals surface area contributed by atoms with Gasteiger partial charge in [-0.2, -0.15) is 0 Å². The monoisotopic (exact) mass is 482 g/mol. The Balaban J connectivity index is 1.47. The molecule has 4 heteroatoms. The van der Waals surface area contributed by atoms with Gasteiger partial charge in [0, 0.05) is 17.9 Å². The molecular weight excluding hydrogens is 436 g/mol. The number of hydrogen-bond acceptors (Lipinski definition) is 4. The summed E-state index contributed by atoms with van der Waals surface area (Å²) in [5.41, 5.74) is 4.21. The van der Waals surface area contributed by atoms with E-state index in [2.05, 4.69) is 46.1 Å². The van der Waals surface area contributed by atoms with Gasteiger partial charge in [-0.05, 0) is 85.7 Å². The average Bonchev–Trinajstić information content (AvgIpc) is 3.30. The number of carbonyl (C=O) groups excluding carboxylic acids is 1. The van der Waals surface area contributed by atoms with Crippen LogP contribution in [0.2, 0.25) is 0 Å². The lowest BCUT2D eigenvalue weighted by molar-refractivity contribution is -0.140. The van der Waals surface area contributed by atoms with Gasteiger partial charge < -0.3 is 14.9 Å². The molecule has 8 atom stereocenters. The van der Waals surface area contributed by atoms with E-state index in [1.807, 2.05) is 0 Å². The largest absolute Gasteiger partial charge is 0.458 e. The first-order valence-corrected chi connectivity index (χ1v) is 14.0. The molecule has 1 heterocycles. The molecule has 0 aromatic carbocycles. The summed E-state index contributed by atoms with van der Waals surface area (Å²) in [7, 11) is 0. The lowest BCUT2D eigenvalue weighted by Crippen LogP contribution is -2.37. The molecule has 0 aromatic rings. The van der Waals surface area contributed by atoms with Crippen molar-refractivity contribution in [3.8, 4) is 0 Å². The van der Waals surface area contributed by atoms with Crippen molar-refractivity contribution < 1.29 is 19.7 Å². The number of aliphatic hydroxyl groups excluding tert-OH is 2. The lowest BCUT2D eigenvalue weighted by Gasteiger charge is -2.44. The molecule has 4 fully saturated rings. The summed E-state index contributed by atoms with van der Waals surface area (Å²) in [5, 5.41) is 20.3. The first kappa shape index (κ1) is 26.4. The molecule has 0 spiro atoms. The van der Waals surface area contributed by atoms with Crippen LogP contribution in [-0.4, -0.2) is 34.5 Å². The number of aliphatic hydroxyl groups is 2. The zero-order chi connectivity index (χ0) is 25.3. The van der Waals surface area contributed by atoms with Crippen molar-refractivity contribution in [2.45, 2.75) is 110 Å². The standard InChI is InChI=1S/C31H46O4/c1-6-7-10-25-21(4)30(34)35-29(25)16-19(2)26-13-14-27-22(9-8-15-31(26,27)5)11-12-23-17-24(32)18-28(33)20(23)3/h11-12,19,24-29,32-33H,3-4,6-10,13-18H2,1-2,5H3/b22-11+,23-12-/t19-,24-,25+,26-,27+,28+,29+,31-/m1/s1. The highest BCUT2D eigenvalue weighted by atomic mass is 16.6. The van der Waals surface area contributed by atoms with E-state index >= 15 is 0 Å². The Morgan fingerprint density at radius 2 is 1.97 bits per heavy atom. The number of rotatable bonds is 7. The van der Waals surface area contributed by atoms with Gasteiger partial charge in [0.25, 0.3) is 0 Å². The second-order valence-corrected chi connectivity index (χ2v) is 12.1. The van der Waals surface area contributed by atoms with Crippen LogP contribution in [0.25, 0.3) is 0 Å². The minimum atomic E-state index is -0.640. The van der Waals surface area contributed by atoms with E-state index in [0.29, 0.717) is 36.2 Å². The molecule has 1 saturated heterocycles. The van der Waals surface area contributed by atoms with Crippen LogP contribution in [0.15, 0.2) is 47.6 Å². The highest BCUT2D eigenvalue weighted by Crippen LogP contribution is 2.60. The summed E-state index contributed by atoms with van der Waals surface area (Å²) in [6.45, 7) is 15.2. The Labute approximate surface area is 212 Å². The van der Waals surface area contributed by atoms with E-state index in [9.17, 15) is 15.0 Å². The van der Waals surface area contributed by atoms with Crippen molar-refractivity contribution in [2.75, 3.05) is 0 Å². The first-order valence-electron chi connectivity index (χ1n) is 14.0. The molecule has 3 saturated carbocycles. The highest BCUT2D eigenvalue weighted by Gasteiger charge is 2.51. The van der Waals surface area contributed by atoms with Crippen LogP contribution in [0, 0.1) is 29.1 Å². The number of unbranched alkanes of at least 4 members (excludes halogenated alkanes) is 1. The van der Waals surface area contributed by atoms with Crippen molar-refractivity contribution >= 4 is 5.97 Å². The van der Waals surface area contributed by atoms with Gasteiger partial charge in [0.2, 0.25) is 0 Å². The Bertz CT molecular complexity index is 898. The van der Waals surface area contributed by atoms with Gasteiger partial charge in [0.05, 0.1) is 12.2 Å². The molecule has 2 N–H and O–H groups in total. The SMILES string of the molecule is C=C1/C(=C\C=C2/CCC[C@]3(C)[C@@H]([C@H](C)C[C@@H]4OC(=O)C(=C)[C@@H]4CCCC)CC[C@@H]23)C[C@@H](O)C[C@@H]1O. The number of hydrogen-bond donors (Lipinski definition) is 2. The molecule has 1 aliphatic heterocycles. The molecule has 3 aliphatic carbocycles. The predicted octanol–water partition coefficient (Wildman–Crippen LogP) is 6.44. The van der Waals surface area contributed by atoms with Crippen LogP contribution in [0.1, 0.15) is 91.4 Å². The van der Waals surface area contributed by atoms with Gasteiger partial charge >= 0.3 is 5.97 Å². The molecule has 0 unspecified atom stereocenters. The normalized spacial score (nSPS) is 40.9. The first-order chi connectivity index (χ1) is 16.7. The molecular formula is C31H46O4. The molecule has 35 heavy (non-hydrogen) atoms. The summed E-state index contributed by atoms with van der Waals surface area (Å²) in [4.78, 5) is 12.3. The van der Waals surface area contributed by atoms with Crippen LogP contribution < -0.4 is 0 Å². The Hall–Kier alpha value is -1.65. The van der Waals surface area contributed by atoms with Crippen molar-refractivity contribution in [2.24, 2.45) is 29.1 Å². The third kappa shape index (κ3) is 5.25. The molecule has 0 amide bonds. The molecule has 0 aromatic heterocycles. The van der Waals surface area contributed by atoms with Crippen molar-refractivity contribution in [1.82, 2.24) is 0 Å². The van der Waals surface area contributed by atoms with Crippen molar-refractivity contribution in [1.29, 1.82) is 0 Å². The third-order valence-corrected chi connectivity index (χ3v) is 9.88. The number of carbonyl (C=O) groups is 1. The fourth-order valence-electron chi connectivity index (χ4n) is 7.88. The summed E-state index contributed by atoms with van der Waals surface area (Å²) in [6, 6.07) is 0. The highest BCUT2D eigenvalue weighted by molar-refractivity contribution is 5.90. The fourth-order valence-corrected chi connectivity index (χ4v) is 7.88. The molecule has 4 nitrogen and oxygen atoms in total. The Morgan fingerprint density at radius 1 is 1.20 bits per heavy atom. The van der Waals surface area contributed by atoms with Gasteiger partial charge in [0.15, 0.2) is 0 Å². The van der Waals surface area contributed by atoms with E-state index in [-0.39, 0.29) is 23.4 Å². The number of esters is 1. The fraction of sp³-hybridized carbons (Fsp3) is 0.710. The third-order valence-electron chi connectivity index (χ3n) is 9.88. The summed E-state index contributed by atoms with van der Waals surface area (Å²) >= 11 is 0. The summed E-state index contributed by atoms with van der Waals surface area (Å²) in [6.07, 6.45) is 14.4. The maximum Gasteiger partial charge on any atom is 0.334 e. The van der Waals surface area contributed by atoms with Gasteiger partial charge in [-0.1, -0.05) is 64.5 Å². The molecule has 4 rings (SSSR count). The molecule has 4 aliphatic rings. The number of allylic oxidation sites excluding steroid dienone is 3. The Morgan fingerprint density at radius 3 is 2.71 bits per heavy atom. The predicted molar refractivity (Wildman–Crippen MR) is 141 cm³/mol. The van der Waals surface area contributed by atoms with Gasteiger partial charge in [-0.25, -0.2) is 4.79 Å². The van der Waals surface area contributed by atoms with Crippen molar-refractivity contribution in [3.63, 3.8) is 0 Å². The lowest BCUT2D eigenvalue weighted by atomic mass is 9.60. The maximum absolute atomic E-state index is 12.3. The van der Waals surface area contributed by atoms with E-state index in [1.54, 1.807) is 0 Å². The topological polar surface area (TPSA) is 66.8 Å². The quantitative estimate of drug-likeness (QED) is 0.324. The second-order valence-electron chi connectivity index (χ2n) is 12.1. The smallest absolute Gasteiger partial charge is 0.334 e. The van der Waals surface area contributed by atoms with Gasteiger partial charge in [0.1, 0.15) is 6.10 Å². The van der Waals surface area contributed by atoms with E-state index in [1.165, 1.54) is 31.3 Å². The number of cyclic esters (lactones) is 1. The molecule has 0 radical (unpaired) electrons. The molecule has 0 bridgehead atoms. The van der Waals surface area contributed by atoms with E-state index in [0.717, 1.165) is 43.3 Å². The van der Waals surface area contributed by atoms with Crippen LogP contribution in [0.4, 0.5) is 0 Å². The zero-order valence-electron chi connectivity index (χ0n) is 22.1. The van der Waals surface area contributed by atoms with Crippen molar-refractivity contribution in [3.05, 3.63) is 47.6 Å². The van der Waals surface area contributed by atoms with Gasteiger partial charge in [-0.3, -0.25) is 0 Å². The van der Waals surface area contributed by atoms with Gasteiger partial charge in [-0.15, -0.1) is 0 Å². The second kappa shape index (κ2) is 10.8. The van der Waals surface area contributed by atoms with Crippen LogP contribution >= 0.6 is 0 Å². The van der Waals surface area contributed by atoms with Crippen LogP contribution in [-0.2, 0) is 9.53 Å². The van der Waals surface area contributed by atoms with Crippen LogP contribution in [0.3, 0.4) is 0 Å². The van der Waals surface area contributed by atoms with Crippen LogP contribution in [0.5, 0.6) is 0 Å². The van der Waals surface area contributed by atoms with E-state index in [4.69, 9.17) is 4.74 Å². The number of fused-ring (bicyclic) bond motifs is 1. The average molecular weight is 483 g/mol. The minimum absolute atomic E-state index is 0.0160. The summed E-state index contributed by atoms with van der Waals surface area (Å²) in [5.74, 6) is 1.69. The van der Waals surface area contributed by atoms with E-state index < -0.39 is 12.2 Å². The Kier molecular flexibility index (Phi) is 8.12. The summed E-state index contributed by atoms with van der Waals surface area (Å²) < 4.78 is 5.83. The zero-order valence-corrected chi connectivity index (χ0v) is 22.1. The molecule has 194 valence electrons. The number of ether oxygens (including phenoxy) is 1.